The first-order valence-corrected chi connectivity index (χ1v) is 7.40. The number of ether oxygens (including phenoxy) is 2. The Bertz CT molecular complexity index is 606. The number of amides is 1. The summed E-state index contributed by atoms with van der Waals surface area (Å²) in [6, 6.07) is 12.1. The van der Waals surface area contributed by atoms with Crippen molar-refractivity contribution in [2.75, 3.05) is 25.1 Å². The highest BCUT2D eigenvalue weighted by atomic mass is 16.6. The van der Waals surface area contributed by atoms with E-state index >= 15 is 0 Å². The minimum atomic E-state index is -0.557. The van der Waals surface area contributed by atoms with E-state index in [-0.39, 0.29) is 12.5 Å². The number of H-pyrrole nitrogens is 1. The summed E-state index contributed by atoms with van der Waals surface area (Å²) in [4.78, 5) is 12.0. The molecule has 2 aromatic rings. The quantitative estimate of drug-likeness (QED) is 0.878. The van der Waals surface area contributed by atoms with Crippen LogP contribution in [0.1, 0.15) is 11.3 Å². The summed E-state index contributed by atoms with van der Waals surface area (Å²) in [5, 5.41) is 9.80. The molecule has 0 bridgehead atoms. The number of rotatable bonds is 5. The zero-order valence-electron chi connectivity index (χ0n) is 12.2. The molecule has 0 saturated carbocycles. The summed E-state index contributed by atoms with van der Waals surface area (Å²) >= 11 is 0. The van der Waals surface area contributed by atoms with Crippen molar-refractivity contribution in [3.05, 3.63) is 47.7 Å². The van der Waals surface area contributed by atoms with E-state index in [9.17, 15) is 4.79 Å². The molecular formula is C16H19N3O3. The number of hydrogen-bond donors (Lipinski definition) is 2. The standard InChI is InChI=1S/C16H19N3O3/c20-16(14-11-21-8-9-22-14)17-15-10-13(18-19-15)7-6-12-4-2-1-3-5-12/h1-5,10,14H,6-9,11H2,(H2,17,18,19,20). The first-order valence-electron chi connectivity index (χ1n) is 7.40. The summed E-state index contributed by atoms with van der Waals surface area (Å²) in [5.41, 5.74) is 2.26. The van der Waals surface area contributed by atoms with Crippen LogP contribution in [0.3, 0.4) is 0 Å². The number of benzene rings is 1. The summed E-state index contributed by atoms with van der Waals surface area (Å²) < 4.78 is 10.6. The van der Waals surface area contributed by atoms with Gasteiger partial charge in [-0.05, 0) is 18.4 Å². The van der Waals surface area contributed by atoms with E-state index in [4.69, 9.17) is 9.47 Å². The summed E-state index contributed by atoms with van der Waals surface area (Å²) in [6.07, 6.45) is 1.21. The predicted octanol–water partition coefficient (Wildman–Crippen LogP) is 1.55. The Morgan fingerprint density at radius 1 is 1.27 bits per heavy atom. The first-order chi connectivity index (χ1) is 10.8. The van der Waals surface area contributed by atoms with Gasteiger partial charge in [0.25, 0.3) is 5.91 Å². The number of carbonyl (C=O) groups is 1. The monoisotopic (exact) mass is 301 g/mol. The maximum absolute atomic E-state index is 12.0. The largest absolute Gasteiger partial charge is 0.376 e. The van der Waals surface area contributed by atoms with Gasteiger partial charge in [0.2, 0.25) is 0 Å². The molecule has 1 aromatic heterocycles. The fourth-order valence-electron chi connectivity index (χ4n) is 2.32. The van der Waals surface area contributed by atoms with Gasteiger partial charge in [-0.1, -0.05) is 30.3 Å². The molecule has 6 heteroatoms. The molecule has 0 radical (unpaired) electrons. The van der Waals surface area contributed by atoms with Crippen molar-refractivity contribution < 1.29 is 14.3 Å². The van der Waals surface area contributed by atoms with Crippen LogP contribution in [0.4, 0.5) is 5.82 Å². The Morgan fingerprint density at radius 2 is 2.14 bits per heavy atom. The SMILES string of the molecule is O=C(Nc1cc(CCc2ccccc2)[nH]n1)C1COCCO1. The molecule has 6 nitrogen and oxygen atoms in total. The predicted molar refractivity (Wildman–Crippen MR) is 81.6 cm³/mol. The van der Waals surface area contributed by atoms with Crippen molar-refractivity contribution in [3.8, 4) is 0 Å². The van der Waals surface area contributed by atoms with Gasteiger partial charge in [0, 0.05) is 11.8 Å². The molecule has 1 atom stereocenters. The number of aromatic nitrogens is 2. The van der Waals surface area contributed by atoms with Crippen molar-refractivity contribution in [2.24, 2.45) is 0 Å². The number of aryl methyl sites for hydroxylation is 2. The molecule has 1 aliphatic rings. The lowest BCUT2D eigenvalue weighted by Crippen LogP contribution is -2.39. The zero-order chi connectivity index (χ0) is 15.2. The summed E-state index contributed by atoms with van der Waals surface area (Å²) in [6.45, 7) is 1.27. The van der Waals surface area contributed by atoms with E-state index in [1.54, 1.807) is 0 Å². The molecule has 1 saturated heterocycles. The molecular weight excluding hydrogens is 282 g/mol. The second-order valence-electron chi connectivity index (χ2n) is 5.19. The zero-order valence-corrected chi connectivity index (χ0v) is 12.2. The summed E-state index contributed by atoms with van der Waals surface area (Å²) in [7, 11) is 0. The number of anilines is 1. The van der Waals surface area contributed by atoms with Crippen LogP contribution in [0.2, 0.25) is 0 Å². The maximum Gasteiger partial charge on any atom is 0.257 e. The molecule has 2 N–H and O–H groups in total. The molecule has 1 aromatic carbocycles. The fraction of sp³-hybridized carbons (Fsp3) is 0.375. The highest BCUT2D eigenvalue weighted by molar-refractivity contribution is 5.93. The topological polar surface area (TPSA) is 76.2 Å². The van der Waals surface area contributed by atoms with Crippen LogP contribution in [0.15, 0.2) is 36.4 Å². The second-order valence-corrected chi connectivity index (χ2v) is 5.19. The first kappa shape index (κ1) is 14.7. The van der Waals surface area contributed by atoms with E-state index < -0.39 is 6.10 Å². The number of hydrogen-bond acceptors (Lipinski definition) is 4. The van der Waals surface area contributed by atoms with Crippen LogP contribution in [0.5, 0.6) is 0 Å². The van der Waals surface area contributed by atoms with E-state index in [1.165, 1.54) is 5.56 Å². The smallest absolute Gasteiger partial charge is 0.257 e. The Balaban J connectivity index is 1.51. The highest BCUT2D eigenvalue weighted by Gasteiger charge is 2.23. The third-order valence-corrected chi connectivity index (χ3v) is 3.52. The Labute approximate surface area is 128 Å². The molecule has 0 spiro atoms. The molecule has 1 fully saturated rings. The lowest BCUT2D eigenvalue weighted by molar-refractivity contribution is -0.142. The van der Waals surface area contributed by atoms with Crippen molar-refractivity contribution in [3.63, 3.8) is 0 Å². The van der Waals surface area contributed by atoms with Gasteiger partial charge in [0.05, 0.1) is 19.8 Å². The third-order valence-electron chi connectivity index (χ3n) is 3.52. The normalized spacial score (nSPS) is 18.1. The lowest BCUT2D eigenvalue weighted by atomic mass is 10.1. The van der Waals surface area contributed by atoms with Gasteiger partial charge in [-0.15, -0.1) is 0 Å². The van der Waals surface area contributed by atoms with Gasteiger partial charge in [-0.3, -0.25) is 9.89 Å². The number of carbonyl (C=O) groups excluding carboxylic acids is 1. The number of nitrogens with one attached hydrogen (secondary N) is 2. The Hall–Kier alpha value is -2.18. The molecule has 0 aliphatic carbocycles. The minimum Gasteiger partial charge on any atom is -0.376 e. The molecule has 2 heterocycles. The van der Waals surface area contributed by atoms with Crippen molar-refractivity contribution in [1.29, 1.82) is 0 Å². The Morgan fingerprint density at radius 3 is 2.91 bits per heavy atom. The van der Waals surface area contributed by atoms with Crippen LogP contribution in [-0.4, -0.2) is 42.0 Å². The van der Waals surface area contributed by atoms with Crippen molar-refractivity contribution >= 4 is 11.7 Å². The van der Waals surface area contributed by atoms with Crippen LogP contribution in [0.25, 0.3) is 0 Å². The Kier molecular flexibility index (Phi) is 4.82. The van der Waals surface area contributed by atoms with Crippen LogP contribution in [0, 0.1) is 0 Å². The third kappa shape index (κ3) is 3.93. The molecule has 1 unspecified atom stereocenters. The molecule has 1 amide bonds. The van der Waals surface area contributed by atoms with Gasteiger partial charge in [-0.25, -0.2) is 0 Å². The average molecular weight is 301 g/mol. The van der Waals surface area contributed by atoms with E-state index in [0.717, 1.165) is 18.5 Å². The number of aromatic amines is 1. The van der Waals surface area contributed by atoms with Gasteiger partial charge < -0.3 is 14.8 Å². The van der Waals surface area contributed by atoms with Gasteiger partial charge in [-0.2, -0.15) is 5.10 Å². The van der Waals surface area contributed by atoms with E-state index in [2.05, 4.69) is 27.6 Å². The summed E-state index contributed by atoms with van der Waals surface area (Å²) in [5.74, 6) is 0.294. The highest BCUT2D eigenvalue weighted by Crippen LogP contribution is 2.11. The molecule has 116 valence electrons. The minimum absolute atomic E-state index is 0.221. The van der Waals surface area contributed by atoms with Crippen LogP contribution in [-0.2, 0) is 27.1 Å². The number of nitrogens with zero attached hydrogens (tertiary/aromatic N) is 1. The van der Waals surface area contributed by atoms with Crippen LogP contribution < -0.4 is 5.32 Å². The van der Waals surface area contributed by atoms with Crippen LogP contribution >= 0.6 is 0 Å². The molecule has 22 heavy (non-hydrogen) atoms. The van der Waals surface area contributed by atoms with Gasteiger partial charge >= 0.3 is 0 Å². The maximum atomic E-state index is 12.0. The van der Waals surface area contributed by atoms with E-state index in [1.807, 2.05) is 24.3 Å². The molecule has 3 rings (SSSR count). The lowest BCUT2D eigenvalue weighted by Gasteiger charge is -2.21. The van der Waals surface area contributed by atoms with Crippen molar-refractivity contribution in [2.45, 2.75) is 18.9 Å². The fourth-order valence-corrected chi connectivity index (χ4v) is 2.32. The average Bonchev–Trinajstić information content (AvgIpc) is 3.02. The van der Waals surface area contributed by atoms with Gasteiger partial charge in [0.1, 0.15) is 0 Å². The van der Waals surface area contributed by atoms with Crippen molar-refractivity contribution in [1.82, 2.24) is 10.2 Å². The van der Waals surface area contributed by atoms with E-state index in [0.29, 0.717) is 19.0 Å². The van der Waals surface area contributed by atoms with Gasteiger partial charge in [0.15, 0.2) is 11.9 Å². The second kappa shape index (κ2) is 7.20. The molecule has 1 aliphatic heterocycles.